The number of ether oxygens (including phenoxy) is 1. The highest BCUT2D eigenvalue weighted by atomic mass is 16.5. The molecule has 0 N–H and O–H groups in total. The topological polar surface area (TPSA) is 26.3 Å². The molecule has 0 aliphatic rings. The zero-order chi connectivity index (χ0) is 16.8. The molecule has 2 heteroatoms. The molecule has 0 saturated carbocycles. The van der Waals surface area contributed by atoms with E-state index in [-0.39, 0.29) is 5.97 Å². The van der Waals surface area contributed by atoms with E-state index in [4.69, 9.17) is 4.74 Å². The molecule has 2 nitrogen and oxygen atoms in total. The number of aryl methyl sites for hydroxylation is 1. The Hall–Kier alpha value is -1.57. The van der Waals surface area contributed by atoms with E-state index >= 15 is 0 Å². The maximum atomic E-state index is 11.2. The Morgan fingerprint density at radius 1 is 1.05 bits per heavy atom. The van der Waals surface area contributed by atoms with Crippen LogP contribution < -0.4 is 0 Å². The number of rotatable bonds is 8. The van der Waals surface area contributed by atoms with Gasteiger partial charge < -0.3 is 4.74 Å². The largest absolute Gasteiger partial charge is 0.466 e. The minimum atomic E-state index is -0.101. The van der Waals surface area contributed by atoms with Gasteiger partial charge in [0.15, 0.2) is 0 Å². The number of allylic oxidation sites excluding steroid dienone is 1. The Morgan fingerprint density at radius 3 is 2.05 bits per heavy atom. The highest BCUT2D eigenvalue weighted by Gasteiger charge is 2.02. The molecular formula is C20H32O2. The zero-order valence-corrected chi connectivity index (χ0v) is 14.8. The van der Waals surface area contributed by atoms with E-state index in [1.165, 1.54) is 29.5 Å². The van der Waals surface area contributed by atoms with Gasteiger partial charge in [-0.25, -0.2) is 0 Å². The Labute approximate surface area is 136 Å². The van der Waals surface area contributed by atoms with Crippen molar-refractivity contribution in [1.82, 2.24) is 0 Å². The van der Waals surface area contributed by atoms with Crippen LogP contribution in [-0.2, 0) is 22.4 Å². The predicted octanol–water partition coefficient (Wildman–Crippen LogP) is 5.50. The summed E-state index contributed by atoms with van der Waals surface area (Å²) < 4.78 is 4.89. The molecule has 0 aliphatic carbocycles. The fourth-order valence-corrected chi connectivity index (χ4v) is 1.84. The van der Waals surface area contributed by atoms with Gasteiger partial charge in [0.2, 0.25) is 0 Å². The molecule has 1 rings (SSSR count). The molecule has 0 spiro atoms. The number of benzene rings is 1. The van der Waals surface area contributed by atoms with Crippen LogP contribution in [0.1, 0.15) is 64.5 Å². The van der Waals surface area contributed by atoms with Gasteiger partial charge >= 0.3 is 5.97 Å². The van der Waals surface area contributed by atoms with Crippen molar-refractivity contribution in [2.45, 2.75) is 66.2 Å². The summed E-state index contributed by atoms with van der Waals surface area (Å²) in [7, 11) is 0. The number of hydrogen-bond acceptors (Lipinski definition) is 2. The van der Waals surface area contributed by atoms with Gasteiger partial charge in [0.25, 0.3) is 0 Å². The molecular weight excluding hydrogens is 272 g/mol. The van der Waals surface area contributed by atoms with Crippen LogP contribution in [0, 0.1) is 0 Å². The summed E-state index contributed by atoms with van der Waals surface area (Å²) in [5, 5.41) is 0. The van der Waals surface area contributed by atoms with Crippen molar-refractivity contribution >= 4 is 5.97 Å². The summed E-state index contributed by atoms with van der Waals surface area (Å²) in [5.41, 5.74) is 3.73. The quantitative estimate of drug-likeness (QED) is 0.468. The van der Waals surface area contributed by atoms with Crippen molar-refractivity contribution in [3.63, 3.8) is 0 Å². The lowest BCUT2D eigenvalue weighted by molar-refractivity contribution is -0.143. The average Bonchev–Trinajstić information content (AvgIpc) is 2.49. The molecule has 0 fully saturated rings. The summed E-state index contributed by atoms with van der Waals surface area (Å²) in [4.78, 5) is 11.2. The predicted molar refractivity (Wildman–Crippen MR) is 95.1 cm³/mol. The van der Waals surface area contributed by atoms with E-state index in [2.05, 4.69) is 44.7 Å². The van der Waals surface area contributed by atoms with Crippen LogP contribution >= 0.6 is 0 Å². The average molecular weight is 304 g/mol. The summed E-state index contributed by atoms with van der Waals surface area (Å²) in [6, 6.07) is 8.52. The van der Waals surface area contributed by atoms with Crippen LogP contribution in [0.15, 0.2) is 36.4 Å². The second kappa shape index (κ2) is 13.1. The lowest BCUT2D eigenvalue weighted by atomic mass is 10.0. The summed E-state index contributed by atoms with van der Waals surface area (Å²) in [6.45, 7) is 12.6. The first-order valence-corrected chi connectivity index (χ1v) is 8.41. The van der Waals surface area contributed by atoms with Gasteiger partial charge in [-0.05, 0) is 44.2 Å². The van der Waals surface area contributed by atoms with Crippen molar-refractivity contribution in [3.8, 4) is 0 Å². The summed E-state index contributed by atoms with van der Waals surface area (Å²) >= 11 is 0. The maximum absolute atomic E-state index is 11.2. The Bertz CT molecular complexity index is 416. The van der Waals surface area contributed by atoms with Crippen molar-refractivity contribution in [2.24, 2.45) is 0 Å². The number of unbranched alkanes of at least 4 members (excludes halogenated alkanes) is 1. The minimum Gasteiger partial charge on any atom is -0.466 e. The van der Waals surface area contributed by atoms with E-state index in [1.807, 2.05) is 13.8 Å². The highest BCUT2D eigenvalue weighted by molar-refractivity contribution is 5.69. The molecule has 0 aromatic heterocycles. The zero-order valence-electron chi connectivity index (χ0n) is 14.8. The summed E-state index contributed by atoms with van der Waals surface area (Å²) in [6.07, 6.45) is 5.84. The SMILES string of the molecule is C=C(C)Cc1ccc(CCCC(=O)OCC)cc1.CCCC. The molecule has 0 unspecified atom stereocenters. The highest BCUT2D eigenvalue weighted by Crippen LogP contribution is 2.11. The first-order valence-electron chi connectivity index (χ1n) is 8.41. The fraction of sp³-hybridized carbons (Fsp3) is 0.550. The first kappa shape index (κ1) is 20.4. The van der Waals surface area contributed by atoms with E-state index in [1.54, 1.807) is 0 Å². The Kier molecular flexibility index (Phi) is 12.2. The molecule has 0 atom stereocenters. The van der Waals surface area contributed by atoms with E-state index in [0.29, 0.717) is 13.0 Å². The lowest BCUT2D eigenvalue weighted by Crippen LogP contribution is -2.04. The van der Waals surface area contributed by atoms with Gasteiger partial charge in [-0.1, -0.05) is 63.1 Å². The van der Waals surface area contributed by atoms with Crippen LogP contribution in [0.3, 0.4) is 0 Å². The van der Waals surface area contributed by atoms with Gasteiger partial charge in [-0.15, -0.1) is 0 Å². The van der Waals surface area contributed by atoms with Crippen LogP contribution in [0.5, 0.6) is 0 Å². The van der Waals surface area contributed by atoms with Gasteiger partial charge in [-0.2, -0.15) is 0 Å². The molecule has 0 radical (unpaired) electrons. The van der Waals surface area contributed by atoms with Crippen molar-refractivity contribution in [3.05, 3.63) is 47.5 Å². The molecule has 0 aliphatic heterocycles. The molecule has 22 heavy (non-hydrogen) atoms. The van der Waals surface area contributed by atoms with E-state index in [0.717, 1.165) is 19.3 Å². The molecule has 124 valence electrons. The molecule has 0 saturated heterocycles. The maximum Gasteiger partial charge on any atom is 0.305 e. The van der Waals surface area contributed by atoms with Gasteiger partial charge in [0.05, 0.1) is 6.61 Å². The van der Waals surface area contributed by atoms with Crippen molar-refractivity contribution in [2.75, 3.05) is 6.61 Å². The second-order valence-corrected chi connectivity index (χ2v) is 5.61. The van der Waals surface area contributed by atoms with Crippen molar-refractivity contribution in [1.29, 1.82) is 0 Å². The standard InChI is InChI=1S/C16H22O2.C4H10/c1-4-18-16(17)7-5-6-14-8-10-15(11-9-14)12-13(2)3;1-3-4-2/h8-11H,2,4-7,12H2,1,3H3;3-4H2,1-2H3. The van der Waals surface area contributed by atoms with Gasteiger partial charge in [0, 0.05) is 6.42 Å². The van der Waals surface area contributed by atoms with Crippen LogP contribution in [0.2, 0.25) is 0 Å². The number of esters is 1. The number of hydrogen-bond donors (Lipinski definition) is 0. The molecule has 1 aromatic carbocycles. The van der Waals surface area contributed by atoms with E-state index in [9.17, 15) is 4.79 Å². The molecule has 0 amide bonds. The smallest absolute Gasteiger partial charge is 0.305 e. The molecule has 0 heterocycles. The third-order valence-corrected chi connectivity index (χ3v) is 3.18. The van der Waals surface area contributed by atoms with Crippen molar-refractivity contribution < 1.29 is 9.53 Å². The second-order valence-electron chi connectivity index (χ2n) is 5.61. The molecule has 0 bridgehead atoms. The number of carbonyl (C=O) groups is 1. The number of carbonyl (C=O) groups excluding carboxylic acids is 1. The van der Waals surface area contributed by atoms with Crippen LogP contribution in [-0.4, -0.2) is 12.6 Å². The Balaban J connectivity index is 0.000000980. The van der Waals surface area contributed by atoms with Crippen LogP contribution in [0.25, 0.3) is 0 Å². The van der Waals surface area contributed by atoms with E-state index < -0.39 is 0 Å². The van der Waals surface area contributed by atoms with Gasteiger partial charge in [-0.3, -0.25) is 4.79 Å². The summed E-state index contributed by atoms with van der Waals surface area (Å²) in [5.74, 6) is -0.101. The Morgan fingerprint density at radius 2 is 1.59 bits per heavy atom. The third kappa shape index (κ3) is 11.1. The lowest BCUT2D eigenvalue weighted by Gasteiger charge is -2.04. The normalized spacial score (nSPS) is 9.64. The van der Waals surface area contributed by atoms with Crippen LogP contribution in [0.4, 0.5) is 0 Å². The minimum absolute atomic E-state index is 0.101. The monoisotopic (exact) mass is 304 g/mol. The fourth-order valence-electron chi connectivity index (χ4n) is 1.84. The molecule has 1 aromatic rings. The third-order valence-electron chi connectivity index (χ3n) is 3.18. The first-order chi connectivity index (χ1) is 10.5. The van der Waals surface area contributed by atoms with Gasteiger partial charge in [0.1, 0.15) is 0 Å².